The van der Waals surface area contributed by atoms with E-state index in [0.29, 0.717) is 43.8 Å². The molecule has 4 rings (SSSR count). The summed E-state index contributed by atoms with van der Waals surface area (Å²) in [4.78, 5) is 11.5. The average molecular weight is 503 g/mol. The molecule has 1 aromatic heterocycles. The van der Waals surface area contributed by atoms with Crippen molar-refractivity contribution in [2.45, 2.75) is 44.5 Å². The zero-order chi connectivity index (χ0) is 25.5. The van der Waals surface area contributed by atoms with Crippen molar-refractivity contribution >= 4 is 32.8 Å². The molecule has 1 unspecified atom stereocenters. The van der Waals surface area contributed by atoms with Crippen LogP contribution in [0, 0.1) is 0 Å². The summed E-state index contributed by atoms with van der Waals surface area (Å²) >= 11 is 0. The third-order valence-corrected chi connectivity index (χ3v) is 8.45. The molecule has 3 heterocycles. The number of nitrogens with two attached hydrogens (primary N) is 1. The standard InChI is InChI=1S/C24H34N6O4S/c1-15(2)26-23-27-18-9-7-8-10-19(18)30(23)22(25)28-21(24(4,5)35(6,31)32)20-16(3)29-11-12-33-13-17(29)14-34-20/h7-10,15,17H,3,11-14H2,1-2,4-6H3,(H2,25,28)(H,26,27)/b21-20+. The Morgan fingerprint density at radius 3 is 2.71 bits per heavy atom. The van der Waals surface area contributed by atoms with Gasteiger partial charge in [-0.3, -0.25) is 0 Å². The molecule has 2 fully saturated rings. The van der Waals surface area contributed by atoms with Crippen LogP contribution in [0.25, 0.3) is 11.0 Å². The number of ether oxygens (including phenoxy) is 2. The van der Waals surface area contributed by atoms with Crippen molar-refractivity contribution in [3.63, 3.8) is 0 Å². The van der Waals surface area contributed by atoms with Gasteiger partial charge >= 0.3 is 0 Å². The van der Waals surface area contributed by atoms with Crippen LogP contribution in [0.4, 0.5) is 5.95 Å². The molecule has 11 heteroatoms. The van der Waals surface area contributed by atoms with Gasteiger partial charge in [-0.05, 0) is 39.8 Å². The normalized spacial score (nSPS) is 21.2. The molecule has 190 valence electrons. The van der Waals surface area contributed by atoms with E-state index in [1.807, 2.05) is 38.1 Å². The number of rotatable bonds is 5. The zero-order valence-corrected chi connectivity index (χ0v) is 21.7. The Labute approximate surface area is 206 Å². The van der Waals surface area contributed by atoms with E-state index >= 15 is 0 Å². The van der Waals surface area contributed by atoms with E-state index in [0.717, 1.165) is 11.0 Å². The monoisotopic (exact) mass is 502 g/mol. The molecule has 0 bridgehead atoms. The molecule has 3 N–H and O–H groups in total. The third kappa shape index (κ3) is 4.62. The zero-order valence-electron chi connectivity index (χ0n) is 20.9. The molecule has 2 saturated heterocycles. The fraction of sp³-hybridized carbons (Fsp3) is 0.500. The molecule has 0 amide bonds. The lowest BCUT2D eigenvalue weighted by Gasteiger charge is -2.43. The maximum absolute atomic E-state index is 12.9. The lowest BCUT2D eigenvalue weighted by atomic mass is 10.0. The summed E-state index contributed by atoms with van der Waals surface area (Å²) in [6.07, 6.45) is 1.18. The van der Waals surface area contributed by atoms with Gasteiger partial charge in [0.1, 0.15) is 17.1 Å². The minimum atomic E-state index is -3.62. The molecular weight excluding hydrogens is 468 g/mol. The van der Waals surface area contributed by atoms with Gasteiger partial charge in [0.15, 0.2) is 15.6 Å². The SMILES string of the molecule is C=C1/C(=C(\N=C(N)n2c(NC(C)C)nc3ccccc32)C(C)(C)S(C)(=O)=O)OCC2COCCN12. The van der Waals surface area contributed by atoms with Gasteiger partial charge < -0.3 is 25.4 Å². The minimum absolute atomic E-state index is 0.0170. The molecule has 0 radical (unpaired) electrons. The molecule has 2 aliphatic rings. The van der Waals surface area contributed by atoms with Crippen molar-refractivity contribution in [1.82, 2.24) is 14.5 Å². The van der Waals surface area contributed by atoms with Crippen molar-refractivity contribution in [2.24, 2.45) is 10.7 Å². The van der Waals surface area contributed by atoms with Crippen molar-refractivity contribution in [3.05, 3.63) is 48.0 Å². The molecule has 0 saturated carbocycles. The lowest BCUT2D eigenvalue weighted by molar-refractivity contribution is -0.0394. The number of anilines is 1. The number of para-hydroxylation sites is 2. The number of imidazole rings is 1. The summed E-state index contributed by atoms with van der Waals surface area (Å²) in [6, 6.07) is 7.66. The first-order chi connectivity index (χ1) is 16.4. The van der Waals surface area contributed by atoms with E-state index in [4.69, 9.17) is 20.2 Å². The van der Waals surface area contributed by atoms with Crippen LogP contribution >= 0.6 is 0 Å². The van der Waals surface area contributed by atoms with E-state index in [-0.39, 0.29) is 23.7 Å². The summed E-state index contributed by atoms with van der Waals surface area (Å²) in [7, 11) is -3.62. The second-order valence-electron chi connectivity index (χ2n) is 9.67. The number of fused-ring (bicyclic) bond motifs is 2. The smallest absolute Gasteiger partial charge is 0.211 e. The van der Waals surface area contributed by atoms with Crippen LogP contribution in [0.2, 0.25) is 0 Å². The first-order valence-electron chi connectivity index (χ1n) is 11.6. The van der Waals surface area contributed by atoms with Gasteiger partial charge in [-0.1, -0.05) is 18.7 Å². The fourth-order valence-electron chi connectivity index (χ4n) is 4.16. The molecule has 10 nitrogen and oxygen atoms in total. The molecule has 0 spiro atoms. The van der Waals surface area contributed by atoms with Crippen LogP contribution in [0.5, 0.6) is 0 Å². The topological polar surface area (TPSA) is 124 Å². The third-order valence-electron chi connectivity index (χ3n) is 6.40. The van der Waals surface area contributed by atoms with Crippen molar-refractivity contribution < 1.29 is 17.9 Å². The molecule has 2 aromatic rings. The number of hydrogen-bond acceptors (Lipinski definition) is 8. The second kappa shape index (κ2) is 9.19. The Balaban J connectivity index is 1.92. The second-order valence-corrected chi connectivity index (χ2v) is 12.2. The van der Waals surface area contributed by atoms with Gasteiger partial charge in [0, 0.05) is 18.8 Å². The fourth-order valence-corrected chi connectivity index (χ4v) is 4.65. The minimum Gasteiger partial charge on any atom is -0.487 e. The number of sulfone groups is 1. The van der Waals surface area contributed by atoms with Gasteiger partial charge in [-0.25, -0.2) is 23.0 Å². The van der Waals surface area contributed by atoms with Crippen molar-refractivity contribution in [3.8, 4) is 0 Å². The Bertz CT molecular complexity index is 1310. The van der Waals surface area contributed by atoms with Gasteiger partial charge in [0.2, 0.25) is 11.9 Å². The van der Waals surface area contributed by atoms with Crippen molar-refractivity contribution in [2.75, 3.05) is 37.9 Å². The molecule has 2 aliphatic heterocycles. The number of morpholine rings is 2. The maximum atomic E-state index is 12.9. The first-order valence-corrected chi connectivity index (χ1v) is 13.5. The van der Waals surface area contributed by atoms with Crippen LogP contribution in [0.1, 0.15) is 27.7 Å². The molecule has 1 atom stereocenters. The van der Waals surface area contributed by atoms with Crippen LogP contribution in [0.3, 0.4) is 0 Å². The van der Waals surface area contributed by atoms with Crippen molar-refractivity contribution in [1.29, 1.82) is 0 Å². The number of hydrogen-bond donors (Lipinski definition) is 2. The quantitative estimate of drug-likeness (QED) is 0.472. The Kier molecular flexibility index (Phi) is 6.58. The number of nitrogens with one attached hydrogen (secondary N) is 1. The van der Waals surface area contributed by atoms with Gasteiger partial charge in [0.25, 0.3) is 0 Å². The summed E-state index contributed by atoms with van der Waals surface area (Å²) in [5, 5.41) is 3.30. The van der Waals surface area contributed by atoms with Gasteiger partial charge in [0.05, 0.1) is 36.0 Å². The van der Waals surface area contributed by atoms with Crippen LogP contribution in [-0.4, -0.2) is 78.3 Å². The number of nitrogens with zero attached hydrogens (tertiary/aromatic N) is 4. The van der Waals surface area contributed by atoms with Gasteiger partial charge in [-0.15, -0.1) is 0 Å². The van der Waals surface area contributed by atoms with E-state index in [9.17, 15) is 8.42 Å². The molecule has 0 aliphatic carbocycles. The maximum Gasteiger partial charge on any atom is 0.211 e. The van der Waals surface area contributed by atoms with Crippen LogP contribution in [0.15, 0.2) is 53.0 Å². The summed E-state index contributed by atoms with van der Waals surface area (Å²) in [5.74, 6) is 0.909. The highest BCUT2D eigenvalue weighted by Crippen LogP contribution is 2.36. The van der Waals surface area contributed by atoms with E-state index in [1.165, 1.54) is 6.26 Å². The lowest BCUT2D eigenvalue weighted by Crippen LogP contribution is -2.51. The van der Waals surface area contributed by atoms with E-state index in [1.54, 1.807) is 18.4 Å². The predicted molar refractivity (Wildman–Crippen MR) is 138 cm³/mol. The Hall–Kier alpha value is -3.05. The highest BCUT2D eigenvalue weighted by Gasteiger charge is 2.42. The predicted octanol–water partition coefficient (Wildman–Crippen LogP) is 2.30. The molecular formula is C24H34N6O4S. The molecule has 35 heavy (non-hydrogen) atoms. The Morgan fingerprint density at radius 1 is 1.31 bits per heavy atom. The number of aliphatic imine (C=N–C) groups is 1. The summed E-state index contributed by atoms with van der Waals surface area (Å²) in [5.41, 5.74) is 8.84. The van der Waals surface area contributed by atoms with Crippen LogP contribution in [-0.2, 0) is 19.3 Å². The summed E-state index contributed by atoms with van der Waals surface area (Å²) in [6.45, 7) is 13.5. The largest absolute Gasteiger partial charge is 0.487 e. The summed E-state index contributed by atoms with van der Waals surface area (Å²) < 4.78 is 37.8. The van der Waals surface area contributed by atoms with Gasteiger partial charge in [-0.2, -0.15) is 0 Å². The Morgan fingerprint density at radius 2 is 2.03 bits per heavy atom. The van der Waals surface area contributed by atoms with E-state index < -0.39 is 14.6 Å². The highest BCUT2D eigenvalue weighted by molar-refractivity contribution is 7.92. The first kappa shape index (κ1) is 25.1. The van der Waals surface area contributed by atoms with E-state index in [2.05, 4.69) is 21.8 Å². The molecule has 1 aromatic carbocycles. The van der Waals surface area contributed by atoms with Crippen LogP contribution < -0.4 is 11.1 Å². The average Bonchev–Trinajstić information content (AvgIpc) is 3.14. The highest BCUT2D eigenvalue weighted by atomic mass is 32.2. The number of aromatic nitrogens is 2. The number of benzene rings is 1.